The number of ether oxygens (including phenoxy) is 9. The lowest BCUT2D eigenvalue weighted by Gasteiger charge is -2.48. The number of amides is 1. The molecule has 0 spiro atoms. The number of nitrogens with zero attached hydrogens (tertiary/aromatic N) is 3. The van der Waals surface area contributed by atoms with E-state index >= 15 is 0 Å². The monoisotopic (exact) mass is 932 g/mol. The van der Waals surface area contributed by atoms with Gasteiger partial charge in [-0.3, -0.25) is 4.79 Å². The molecule has 3 rings (SSSR count). The molecule has 0 saturated carbocycles. The minimum absolute atomic E-state index is 0.127. The highest BCUT2D eigenvalue weighted by atomic mass is 35.6. The number of carbonyl (C=O) groups excluding carboxylic acids is 3. The van der Waals surface area contributed by atoms with Crippen LogP contribution < -0.4 is 5.32 Å². The first-order valence-corrected chi connectivity index (χ1v) is 21.6. The van der Waals surface area contributed by atoms with E-state index in [0.29, 0.717) is 45.1 Å². The van der Waals surface area contributed by atoms with Crippen molar-refractivity contribution in [1.82, 2.24) is 5.32 Å². The van der Waals surface area contributed by atoms with Crippen LogP contribution in [0.15, 0.2) is 35.4 Å². The van der Waals surface area contributed by atoms with Crippen LogP contribution in [-0.4, -0.2) is 145 Å². The number of rotatable bonds is 26. The van der Waals surface area contributed by atoms with Gasteiger partial charge in [0.15, 0.2) is 18.7 Å². The lowest BCUT2D eigenvalue weighted by atomic mass is 9.95. The standard InChI is InChI=1S/C38H56Cl4N4O14/c1-3-5-17-52-31-28(45-46-43)35(57-25(21-47)29(31)49)60-30-26(22-55-27(48)20-39)58-36(54-19-13-8-7-12-16-44-37(51)56-23-38(40,41)42)33(32(30)53-18-6-4-2)59-34(50)24-14-10-9-11-15-24/h9-11,14-15,25-26,28-33,35-36,47,49H,3-8,12-13,16-23H2,1-2H3,(H,44,51). The molecule has 3 N–H and O–H groups in total. The molecule has 0 radical (unpaired) electrons. The summed E-state index contributed by atoms with van der Waals surface area (Å²) in [4.78, 5) is 40.8. The SMILES string of the molecule is CCCCOC1C(O)C(CO)OC(OC2C(COC(=O)CCl)OC(OCCCCCCNC(=O)OCC(Cl)(Cl)Cl)C(OC(=O)c3ccccc3)C2OCCCC)C1N=[N+]=[N-]. The van der Waals surface area contributed by atoms with E-state index in [0.717, 1.165) is 12.8 Å². The van der Waals surface area contributed by atoms with E-state index in [-0.39, 0.29) is 25.4 Å². The number of benzene rings is 1. The van der Waals surface area contributed by atoms with Crippen molar-refractivity contribution in [3.05, 3.63) is 46.3 Å². The van der Waals surface area contributed by atoms with E-state index in [2.05, 4.69) is 15.3 Å². The van der Waals surface area contributed by atoms with Gasteiger partial charge in [-0.2, -0.15) is 0 Å². The first-order valence-electron chi connectivity index (χ1n) is 20.0. The normalized spacial score (nSPS) is 26.7. The number of alkyl halides is 4. The van der Waals surface area contributed by atoms with Crippen molar-refractivity contribution in [2.75, 3.05) is 52.1 Å². The quantitative estimate of drug-likeness (QED) is 0.0187. The van der Waals surface area contributed by atoms with Crippen LogP contribution in [-0.2, 0) is 47.4 Å². The molecule has 0 aromatic heterocycles. The molecule has 0 bridgehead atoms. The summed E-state index contributed by atoms with van der Waals surface area (Å²) in [5.74, 6) is -1.95. The third-order valence-electron chi connectivity index (χ3n) is 9.27. The molecule has 2 aliphatic rings. The van der Waals surface area contributed by atoms with E-state index in [9.17, 15) is 30.1 Å². The zero-order chi connectivity index (χ0) is 43.9. The maximum Gasteiger partial charge on any atom is 0.407 e. The van der Waals surface area contributed by atoms with E-state index in [4.69, 9.17) is 89.0 Å². The number of esters is 2. The lowest BCUT2D eigenvalue weighted by Crippen LogP contribution is -2.66. The topological polar surface area (TPSA) is 236 Å². The number of unbranched alkanes of at least 4 members (excludes halogenated alkanes) is 5. The minimum Gasteiger partial charge on any atom is -0.462 e. The van der Waals surface area contributed by atoms with E-state index in [1.165, 1.54) is 0 Å². The van der Waals surface area contributed by atoms with Crippen molar-refractivity contribution in [2.45, 2.75) is 130 Å². The molecule has 1 aromatic rings. The summed E-state index contributed by atoms with van der Waals surface area (Å²) >= 11 is 22.6. The van der Waals surface area contributed by atoms with Crippen molar-refractivity contribution in [2.24, 2.45) is 5.11 Å². The molecule has 10 atom stereocenters. The fourth-order valence-corrected chi connectivity index (χ4v) is 6.44. The number of hydrogen-bond acceptors (Lipinski definition) is 15. The van der Waals surface area contributed by atoms with E-state index < -0.39 is 109 Å². The van der Waals surface area contributed by atoms with Gasteiger partial charge in [0.25, 0.3) is 0 Å². The number of nitrogens with one attached hydrogen (secondary N) is 1. The summed E-state index contributed by atoms with van der Waals surface area (Å²) in [6.07, 6.45) is -6.92. The van der Waals surface area contributed by atoms with Gasteiger partial charge in [-0.25, -0.2) is 9.59 Å². The molecule has 22 heteroatoms. The maximum atomic E-state index is 13.7. The summed E-state index contributed by atoms with van der Waals surface area (Å²) in [7, 11) is 0. The van der Waals surface area contributed by atoms with Gasteiger partial charge in [-0.15, -0.1) is 11.6 Å². The molecule has 10 unspecified atom stereocenters. The second kappa shape index (κ2) is 28.3. The molecule has 1 aromatic carbocycles. The molecule has 2 saturated heterocycles. The van der Waals surface area contributed by atoms with Crippen LogP contribution in [0.5, 0.6) is 0 Å². The molecule has 60 heavy (non-hydrogen) atoms. The third kappa shape index (κ3) is 17.8. The predicted molar refractivity (Wildman–Crippen MR) is 219 cm³/mol. The molecule has 2 fully saturated rings. The van der Waals surface area contributed by atoms with Crippen LogP contribution in [0.2, 0.25) is 0 Å². The highest BCUT2D eigenvalue weighted by molar-refractivity contribution is 6.67. The molecule has 340 valence electrons. The largest absolute Gasteiger partial charge is 0.462 e. The van der Waals surface area contributed by atoms with Gasteiger partial charge in [-0.05, 0) is 43.3 Å². The number of azide groups is 1. The smallest absolute Gasteiger partial charge is 0.407 e. The number of carbonyl (C=O) groups is 3. The molecule has 0 aliphatic carbocycles. The Hall–Kier alpha value is -2.42. The average molecular weight is 935 g/mol. The number of aliphatic hydroxyl groups is 2. The van der Waals surface area contributed by atoms with E-state index in [1.807, 2.05) is 13.8 Å². The van der Waals surface area contributed by atoms with Crippen LogP contribution >= 0.6 is 46.4 Å². The molecular weight excluding hydrogens is 878 g/mol. The second-order valence-electron chi connectivity index (χ2n) is 13.9. The van der Waals surface area contributed by atoms with Crippen molar-refractivity contribution >= 4 is 64.4 Å². The van der Waals surface area contributed by atoms with Crippen LogP contribution in [0.1, 0.15) is 75.6 Å². The van der Waals surface area contributed by atoms with Gasteiger partial charge in [0.1, 0.15) is 55.7 Å². The fraction of sp³-hybridized carbons (Fsp3) is 0.763. The molecular formula is C38H56Cl4N4O14. The summed E-state index contributed by atoms with van der Waals surface area (Å²) in [5, 5.41) is 27.8. The van der Waals surface area contributed by atoms with Gasteiger partial charge in [0.2, 0.25) is 3.79 Å². The zero-order valence-electron chi connectivity index (χ0n) is 33.6. The highest BCUT2D eigenvalue weighted by Gasteiger charge is 2.54. The number of aliphatic hydroxyl groups excluding tert-OH is 2. The highest BCUT2D eigenvalue weighted by Crippen LogP contribution is 2.35. The first-order chi connectivity index (χ1) is 28.9. The van der Waals surface area contributed by atoms with Crippen LogP contribution in [0.3, 0.4) is 0 Å². The Bertz CT molecular complexity index is 1460. The second-order valence-corrected chi connectivity index (χ2v) is 16.7. The van der Waals surface area contributed by atoms with Crippen molar-refractivity contribution in [1.29, 1.82) is 0 Å². The molecule has 2 aliphatic heterocycles. The molecule has 1 amide bonds. The zero-order valence-corrected chi connectivity index (χ0v) is 36.6. The van der Waals surface area contributed by atoms with Gasteiger partial charge >= 0.3 is 18.0 Å². The van der Waals surface area contributed by atoms with Crippen LogP contribution in [0.4, 0.5) is 4.79 Å². The van der Waals surface area contributed by atoms with Crippen molar-refractivity contribution in [3.8, 4) is 0 Å². The Kier molecular flexibility index (Phi) is 24.5. The van der Waals surface area contributed by atoms with Crippen LogP contribution in [0.25, 0.3) is 10.4 Å². The first kappa shape index (κ1) is 51.9. The maximum absolute atomic E-state index is 13.7. The Morgan fingerprint density at radius 1 is 0.850 bits per heavy atom. The third-order valence-corrected chi connectivity index (χ3v) is 9.81. The Morgan fingerprint density at radius 2 is 1.50 bits per heavy atom. The molecule has 18 nitrogen and oxygen atoms in total. The van der Waals surface area contributed by atoms with Crippen molar-refractivity contribution < 1.29 is 67.2 Å². The fourth-order valence-electron chi connectivity index (χ4n) is 6.20. The van der Waals surface area contributed by atoms with Crippen LogP contribution in [0, 0.1) is 0 Å². The minimum atomic E-state index is -1.72. The average Bonchev–Trinajstić information content (AvgIpc) is 3.23. The predicted octanol–water partition coefficient (Wildman–Crippen LogP) is 5.91. The van der Waals surface area contributed by atoms with Gasteiger partial charge in [-0.1, -0.05) is 97.6 Å². The Labute approximate surface area is 369 Å². The number of halogens is 4. The Morgan fingerprint density at radius 3 is 2.13 bits per heavy atom. The lowest BCUT2D eigenvalue weighted by molar-refractivity contribution is -0.350. The van der Waals surface area contributed by atoms with Gasteiger partial charge in [0.05, 0.1) is 18.3 Å². The number of hydrogen-bond donors (Lipinski definition) is 3. The summed E-state index contributed by atoms with van der Waals surface area (Å²) < 4.78 is 52.3. The molecule has 2 heterocycles. The Balaban J connectivity index is 1.91. The number of alkyl carbamates (subject to hydrolysis) is 1. The van der Waals surface area contributed by atoms with Gasteiger partial charge < -0.3 is 58.2 Å². The summed E-state index contributed by atoms with van der Waals surface area (Å²) in [6.45, 7) is 3.26. The van der Waals surface area contributed by atoms with Gasteiger partial charge in [0, 0.05) is 31.3 Å². The summed E-state index contributed by atoms with van der Waals surface area (Å²) in [6, 6.07) is 6.96. The van der Waals surface area contributed by atoms with Crippen molar-refractivity contribution in [3.63, 3.8) is 0 Å². The van der Waals surface area contributed by atoms with E-state index in [1.54, 1.807) is 30.3 Å². The summed E-state index contributed by atoms with van der Waals surface area (Å²) in [5.41, 5.74) is 9.84.